The summed E-state index contributed by atoms with van der Waals surface area (Å²) in [4.78, 5) is 12.7. The maximum atomic E-state index is 12.6. The molecule has 1 aliphatic heterocycles. The molecule has 0 amide bonds. The van der Waals surface area contributed by atoms with E-state index in [0.717, 1.165) is 6.42 Å². The number of aromatic nitrogens is 4. The summed E-state index contributed by atoms with van der Waals surface area (Å²) in [5.74, 6) is -0.0507. The lowest BCUT2D eigenvalue weighted by molar-refractivity contribution is -0.160. The number of nitrogens with one attached hydrogen (secondary N) is 1. The average Bonchev–Trinajstić information content (AvgIpc) is 2.86. The van der Waals surface area contributed by atoms with E-state index in [9.17, 15) is 8.78 Å². The molecule has 3 aliphatic rings. The van der Waals surface area contributed by atoms with Crippen LogP contribution in [0.2, 0.25) is 5.28 Å². The van der Waals surface area contributed by atoms with Gasteiger partial charge in [-0.15, -0.1) is 0 Å². The number of alkyl halides is 2. The second-order valence-corrected chi connectivity index (χ2v) is 8.60. The van der Waals surface area contributed by atoms with E-state index in [-0.39, 0.29) is 34.8 Å². The zero-order valence-electron chi connectivity index (χ0n) is 15.1. The van der Waals surface area contributed by atoms with E-state index in [0.29, 0.717) is 17.1 Å². The van der Waals surface area contributed by atoms with Crippen molar-refractivity contribution in [2.75, 3.05) is 11.9 Å². The first-order valence-corrected chi connectivity index (χ1v) is 9.35. The van der Waals surface area contributed by atoms with Crippen LogP contribution in [0.25, 0.3) is 11.2 Å². The fourth-order valence-corrected chi connectivity index (χ4v) is 4.95. The molecule has 0 aromatic carbocycles. The predicted molar refractivity (Wildman–Crippen MR) is 93.9 cm³/mol. The molecule has 1 saturated heterocycles. The molecule has 2 saturated carbocycles. The topological polar surface area (TPSA) is 74.1 Å². The Morgan fingerprint density at radius 3 is 2.85 bits per heavy atom. The lowest BCUT2D eigenvalue weighted by Gasteiger charge is -2.24. The molecule has 0 radical (unpaired) electrons. The lowest BCUT2D eigenvalue weighted by Crippen LogP contribution is -2.31. The summed E-state index contributed by atoms with van der Waals surface area (Å²) in [5, 5.41) is 2.59. The molecule has 3 fully saturated rings. The van der Waals surface area contributed by atoms with Crippen molar-refractivity contribution in [1.29, 1.82) is 0 Å². The molecule has 5 atom stereocenters. The van der Waals surface area contributed by atoms with Gasteiger partial charge in [0.15, 0.2) is 22.8 Å². The Bertz CT molecular complexity index is 922. The highest BCUT2D eigenvalue weighted by atomic mass is 35.5. The molecule has 146 valence electrons. The van der Waals surface area contributed by atoms with Crippen LogP contribution in [0.1, 0.15) is 33.2 Å². The van der Waals surface area contributed by atoms with Gasteiger partial charge in [0, 0.05) is 5.41 Å². The molecule has 0 spiro atoms. The zero-order chi connectivity index (χ0) is 19.1. The van der Waals surface area contributed by atoms with Crippen molar-refractivity contribution in [3.63, 3.8) is 0 Å². The Morgan fingerprint density at radius 1 is 1.33 bits per heavy atom. The number of rotatable bonds is 4. The van der Waals surface area contributed by atoms with Gasteiger partial charge in [-0.25, -0.2) is 13.8 Å². The normalized spacial score (nSPS) is 36.3. The molecule has 2 aromatic rings. The minimum absolute atomic E-state index is 0.000639. The van der Waals surface area contributed by atoms with Crippen LogP contribution >= 0.6 is 11.6 Å². The summed E-state index contributed by atoms with van der Waals surface area (Å²) in [7, 11) is 0. The Balaban J connectivity index is 1.56. The summed E-state index contributed by atoms with van der Waals surface area (Å²) in [5.41, 5.74) is 0.997. The van der Waals surface area contributed by atoms with Gasteiger partial charge < -0.3 is 19.4 Å². The lowest BCUT2D eigenvalue weighted by atomic mass is 10.0. The molecule has 27 heavy (non-hydrogen) atoms. The highest BCUT2D eigenvalue weighted by Crippen LogP contribution is 2.71. The Labute approximate surface area is 159 Å². The molecule has 5 rings (SSSR count). The maximum Gasteiger partial charge on any atom is 0.255 e. The van der Waals surface area contributed by atoms with Gasteiger partial charge in [-0.3, -0.25) is 0 Å². The number of ether oxygens (including phenoxy) is 2. The Kier molecular flexibility index (Phi) is 3.56. The molecule has 7 nitrogen and oxygen atoms in total. The highest BCUT2D eigenvalue weighted by molar-refractivity contribution is 6.28. The number of hydrogen-bond acceptors (Lipinski definition) is 6. The van der Waals surface area contributed by atoms with E-state index in [2.05, 4.69) is 27.2 Å². The van der Waals surface area contributed by atoms with Gasteiger partial charge in [-0.2, -0.15) is 9.97 Å². The molecule has 2 aliphatic carbocycles. The minimum Gasteiger partial charge on any atom is -0.362 e. The van der Waals surface area contributed by atoms with Gasteiger partial charge in [-0.1, -0.05) is 6.92 Å². The van der Waals surface area contributed by atoms with Crippen molar-refractivity contribution in [1.82, 2.24) is 19.5 Å². The van der Waals surface area contributed by atoms with E-state index in [1.807, 2.05) is 18.4 Å². The molecule has 1 N–H and O–H groups in total. The van der Waals surface area contributed by atoms with Crippen LogP contribution in [0.5, 0.6) is 0 Å². The molecule has 0 bridgehead atoms. The largest absolute Gasteiger partial charge is 0.362 e. The van der Waals surface area contributed by atoms with E-state index < -0.39 is 18.8 Å². The van der Waals surface area contributed by atoms with Crippen molar-refractivity contribution in [3.05, 3.63) is 11.6 Å². The molecule has 0 unspecified atom stereocenters. The summed E-state index contributed by atoms with van der Waals surface area (Å²) >= 11 is 6.06. The van der Waals surface area contributed by atoms with Crippen molar-refractivity contribution in [2.24, 2.45) is 11.3 Å². The second kappa shape index (κ2) is 5.48. The fourth-order valence-electron chi connectivity index (χ4n) is 4.79. The van der Waals surface area contributed by atoms with Crippen molar-refractivity contribution >= 4 is 28.6 Å². The van der Waals surface area contributed by atoms with E-state index in [4.69, 9.17) is 21.1 Å². The fraction of sp³-hybridized carbons (Fsp3) is 0.706. The zero-order valence-corrected chi connectivity index (χ0v) is 15.9. The monoisotopic (exact) mass is 399 g/mol. The van der Waals surface area contributed by atoms with Gasteiger partial charge in [0.25, 0.3) is 6.43 Å². The first kappa shape index (κ1) is 17.5. The number of fused-ring (bicyclic) bond motifs is 4. The first-order valence-electron chi connectivity index (χ1n) is 8.97. The van der Waals surface area contributed by atoms with Crippen LogP contribution in [0, 0.1) is 11.3 Å². The van der Waals surface area contributed by atoms with Crippen LogP contribution in [0.4, 0.5) is 14.6 Å². The van der Waals surface area contributed by atoms with Gasteiger partial charge in [-0.05, 0) is 37.8 Å². The summed E-state index contributed by atoms with van der Waals surface area (Å²) in [6.07, 6.45) is 0.0858. The maximum absolute atomic E-state index is 12.6. The Morgan fingerprint density at radius 2 is 2.11 bits per heavy atom. The summed E-state index contributed by atoms with van der Waals surface area (Å²) in [6.45, 7) is 5.52. The standard InChI is InChI=1S/C17H20ClF2N5O2/c1-16(2)26-11-10(7-4-17(7,3)12(11)27-16)25-6-22-9-13(21-5-8(19)20)23-15(18)24-14(9)25/h6-8,10-12H,4-5H2,1-3H3,(H,21,23,24)/t7-,10-,11+,12+,17-/m1/s1. The third-order valence-corrected chi connectivity index (χ3v) is 6.18. The quantitative estimate of drug-likeness (QED) is 0.795. The molecular weight excluding hydrogens is 380 g/mol. The summed E-state index contributed by atoms with van der Waals surface area (Å²) in [6, 6.07) is 0.000639. The van der Waals surface area contributed by atoms with E-state index in [1.165, 1.54) is 0 Å². The van der Waals surface area contributed by atoms with Crippen molar-refractivity contribution < 1.29 is 18.3 Å². The number of hydrogen-bond donors (Lipinski definition) is 1. The number of anilines is 1. The first-order chi connectivity index (χ1) is 12.7. The molecule has 3 heterocycles. The minimum atomic E-state index is -2.51. The van der Waals surface area contributed by atoms with Crippen LogP contribution < -0.4 is 5.32 Å². The second-order valence-electron chi connectivity index (χ2n) is 8.27. The Hall–Kier alpha value is -1.58. The number of imidazole rings is 1. The van der Waals surface area contributed by atoms with Crippen molar-refractivity contribution in [2.45, 2.75) is 57.7 Å². The van der Waals surface area contributed by atoms with Gasteiger partial charge in [0.2, 0.25) is 5.28 Å². The van der Waals surface area contributed by atoms with Gasteiger partial charge in [0.05, 0.1) is 25.0 Å². The van der Waals surface area contributed by atoms with E-state index >= 15 is 0 Å². The van der Waals surface area contributed by atoms with Crippen molar-refractivity contribution in [3.8, 4) is 0 Å². The SMILES string of the molecule is CC1(C)O[C@H]2[C@H](n3cnc4c(NCC(F)F)nc(Cl)nc43)[C@H]3C[C@@]3(C)[C@H]2O1. The third-order valence-electron chi connectivity index (χ3n) is 6.01. The molecule has 2 aromatic heterocycles. The smallest absolute Gasteiger partial charge is 0.255 e. The predicted octanol–water partition coefficient (Wildman–Crippen LogP) is 3.26. The molecular formula is C17H20ClF2N5O2. The van der Waals surface area contributed by atoms with Gasteiger partial charge in [0.1, 0.15) is 6.10 Å². The van der Waals surface area contributed by atoms with E-state index in [1.54, 1.807) is 6.33 Å². The molecule has 10 heteroatoms. The van der Waals surface area contributed by atoms with Crippen LogP contribution in [-0.2, 0) is 9.47 Å². The third kappa shape index (κ3) is 2.55. The number of nitrogens with zero attached hydrogens (tertiary/aromatic N) is 4. The van der Waals surface area contributed by atoms with Crippen LogP contribution in [0.3, 0.4) is 0 Å². The van der Waals surface area contributed by atoms with Gasteiger partial charge >= 0.3 is 0 Å². The van der Waals surface area contributed by atoms with Crippen LogP contribution in [-0.4, -0.2) is 50.5 Å². The highest BCUT2D eigenvalue weighted by Gasteiger charge is 2.73. The average molecular weight is 400 g/mol. The number of halogens is 3. The van der Waals surface area contributed by atoms with Crippen LogP contribution in [0.15, 0.2) is 6.33 Å². The summed E-state index contributed by atoms with van der Waals surface area (Å²) < 4.78 is 39.5.